The quantitative estimate of drug-likeness (QED) is 0.468. The van der Waals surface area contributed by atoms with Crippen molar-refractivity contribution in [1.29, 1.82) is 0 Å². The summed E-state index contributed by atoms with van der Waals surface area (Å²) < 4.78 is 5.56. The summed E-state index contributed by atoms with van der Waals surface area (Å²) in [5.41, 5.74) is 0.490. The Morgan fingerprint density at radius 3 is 2.83 bits per heavy atom. The smallest absolute Gasteiger partial charge is 0.257 e. The standard InChI is InChI=1S/C16H22N2O5/c19-9-14-12(20)8-13(23-14)11-3-1-2-10(4-5-18-6-7-18)15(21)17-16(11)22/h2,4-5,11-14,19-20H,1,3,6-9H2,(H,17,21,22)/b5-4+,10-2-/t11?,12?,13-,14-/m1/s1. The molecule has 2 amide bonds. The highest BCUT2D eigenvalue weighted by Crippen LogP contribution is 2.29. The second-order valence-electron chi connectivity index (χ2n) is 6.21. The predicted molar refractivity (Wildman–Crippen MR) is 81.0 cm³/mol. The molecule has 0 bridgehead atoms. The zero-order valence-corrected chi connectivity index (χ0v) is 12.9. The van der Waals surface area contributed by atoms with Crippen LogP contribution in [0.2, 0.25) is 0 Å². The van der Waals surface area contributed by atoms with Gasteiger partial charge in [0, 0.05) is 25.1 Å². The number of nitrogens with zero attached hydrogens (tertiary/aromatic N) is 1. The molecule has 0 aliphatic carbocycles. The molecule has 0 aromatic carbocycles. The number of amides is 2. The van der Waals surface area contributed by atoms with E-state index < -0.39 is 30.1 Å². The first-order valence-corrected chi connectivity index (χ1v) is 8.00. The summed E-state index contributed by atoms with van der Waals surface area (Å²) in [4.78, 5) is 26.6. The molecular weight excluding hydrogens is 300 g/mol. The number of hydrogen-bond donors (Lipinski definition) is 3. The van der Waals surface area contributed by atoms with Crippen molar-refractivity contribution in [1.82, 2.24) is 10.2 Å². The van der Waals surface area contributed by atoms with E-state index in [4.69, 9.17) is 9.84 Å². The molecule has 3 rings (SSSR count). The number of ether oxygens (including phenoxy) is 1. The second-order valence-corrected chi connectivity index (χ2v) is 6.21. The number of aliphatic hydroxyl groups excluding tert-OH is 2. The number of aliphatic hydroxyl groups is 2. The predicted octanol–water partition coefficient (Wildman–Crippen LogP) is -0.694. The van der Waals surface area contributed by atoms with Crippen molar-refractivity contribution in [2.45, 2.75) is 37.6 Å². The van der Waals surface area contributed by atoms with Gasteiger partial charge in [-0.1, -0.05) is 6.08 Å². The molecule has 7 heteroatoms. The van der Waals surface area contributed by atoms with Crippen LogP contribution in [0.4, 0.5) is 0 Å². The molecule has 23 heavy (non-hydrogen) atoms. The number of allylic oxidation sites excluding steroid dienone is 1. The molecule has 0 aromatic rings. The Morgan fingerprint density at radius 2 is 2.17 bits per heavy atom. The molecule has 3 N–H and O–H groups in total. The van der Waals surface area contributed by atoms with Gasteiger partial charge in [0.25, 0.3) is 5.91 Å². The summed E-state index contributed by atoms with van der Waals surface area (Å²) in [7, 11) is 0. The average molecular weight is 322 g/mol. The number of nitrogens with one attached hydrogen (secondary N) is 1. The lowest BCUT2D eigenvalue weighted by molar-refractivity contribution is -0.135. The van der Waals surface area contributed by atoms with Gasteiger partial charge in [-0.05, 0) is 25.1 Å². The lowest BCUT2D eigenvalue weighted by Gasteiger charge is -2.23. The van der Waals surface area contributed by atoms with Crippen LogP contribution in [-0.2, 0) is 14.3 Å². The van der Waals surface area contributed by atoms with E-state index in [1.807, 2.05) is 12.3 Å². The van der Waals surface area contributed by atoms with Crippen LogP contribution in [0.5, 0.6) is 0 Å². The van der Waals surface area contributed by atoms with E-state index in [9.17, 15) is 14.7 Å². The molecule has 0 spiro atoms. The summed E-state index contributed by atoms with van der Waals surface area (Å²) in [5.74, 6) is -1.29. The fraction of sp³-hybridized carbons (Fsp3) is 0.625. The third-order valence-electron chi connectivity index (χ3n) is 4.51. The van der Waals surface area contributed by atoms with Gasteiger partial charge < -0.3 is 19.8 Å². The average Bonchev–Trinajstić information content (AvgIpc) is 3.26. The Balaban J connectivity index is 1.66. The second kappa shape index (κ2) is 6.82. The molecule has 2 saturated heterocycles. The Labute approximate surface area is 134 Å². The van der Waals surface area contributed by atoms with Crippen LogP contribution in [0.3, 0.4) is 0 Å². The van der Waals surface area contributed by atoms with Crippen LogP contribution in [0.15, 0.2) is 23.9 Å². The topological polar surface area (TPSA) is 98.9 Å². The van der Waals surface area contributed by atoms with E-state index in [0.717, 1.165) is 13.1 Å². The monoisotopic (exact) mass is 322 g/mol. The molecule has 0 radical (unpaired) electrons. The van der Waals surface area contributed by atoms with Crippen molar-refractivity contribution in [3.05, 3.63) is 23.9 Å². The maximum atomic E-state index is 12.3. The molecule has 7 nitrogen and oxygen atoms in total. The zero-order chi connectivity index (χ0) is 16.4. The number of imide groups is 1. The van der Waals surface area contributed by atoms with Crippen molar-refractivity contribution < 1.29 is 24.5 Å². The minimum Gasteiger partial charge on any atom is -0.394 e. The molecule has 126 valence electrons. The minimum absolute atomic E-state index is 0.281. The summed E-state index contributed by atoms with van der Waals surface area (Å²) in [5, 5.41) is 21.4. The largest absolute Gasteiger partial charge is 0.394 e. The molecule has 3 aliphatic heterocycles. The molecule has 3 aliphatic rings. The van der Waals surface area contributed by atoms with E-state index in [-0.39, 0.29) is 12.5 Å². The van der Waals surface area contributed by atoms with Crippen molar-refractivity contribution in [3.8, 4) is 0 Å². The van der Waals surface area contributed by atoms with Crippen LogP contribution in [0.25, 0.3) is 0 Å². The number of carbonyl (C=O) groups is 2. The summed E-state index contributed by atoms with van der Waals surface area (Å²) in [6.45, 7) is 1.72. The third kappa shape index (κ3) is 3.80. The normalized spacial score (nSPS) is 37.3. The lowest BCUT2D eigenvalue weighted by atomic mass is 9.91. The first-order valence-electron chi connectivity index (χ1n) is 8.00. The fourth-order valence-corrected chi connectivity index (χ4v) is 2.99. The van der Waals surface area contributed by atoms with Gasteiger partial charge in [-0.25, -0.2) is 0 Å². The first kappa shape index (κ1) is 16.2. The van der Waals surface area contributed by atoms with E-state index >= 15 is 0 Å². The Kier molecular flexibility index (Phi) is 4.79. The molecule has 0 aromatic heterocycles. The Hall–Kier alpha value is -1.70. The maximum absolute atomic E-state index is 12.3. The van der Waals surface area contributed by atoms with Gasteiger partial charge in [-0.15, -0.1) is 0 Å². The zero-order valence-electron chi connectivity index (χ0n) is 12.9. The van der Waals surface area contributed by atoms with Crippen LogP contribution < -0.4 is 5.32 Å². The Morgan fingerprint density at radius 1 is 1.39 bits per heavy atom. The maximum Gasteiger partial charge on any atom is 0.257 e. The number of carbonyl (C=O) groups excluding carboxylic acids is 2. The van der Waals surface area contributed by atoms with Gasteiger partial charge in [0.2, 0.25) is 5.91 Å². The van der Waals surface area contributed by atoms with Crippen LogP contribution >= 0.6 is 0 Å². The van der Waals surface area contributed by atoms with Crippen LogP contribution in [0.1, 0.15) is 19.3 Å². The molecular formula is C16H22N2O5. The molecule has 2 fully saturated rings. The van der Waals surface area contributed by atoms with Crippen LogP contribution in [0, 0.1) is 5.92 Å². The Bertz CT molecular complexity index is 541. The van der Waals surface area contributed by atoms with Crippen molar-refractivity contribution in [3.63, 3.8) is 0 Å². The summed E-state index contributed by atoms with van der Waals surface area (Å²) in [6, 6.07) is 0. The third-order valence-corrected chi connectivity index (χ3v) is 4.51. The van der Waals surface area contributed by atoms with Gasteiger partial charge in [-0.2, -0.15) is 0 Å². The number of rotatable bonds is 4. The van der Waals surface area contributed by atoms with Gasteiger partial charge in [0.1, 0.15) is 6.10 Å². The van der Waals surface area contributed by atoms with Gasteiger partial charge in [-0.3, -0.25) is 14.9 Å². The van der Waals surface area contributed by atoms with Crippen LogP contribution in [-0.4, -0.2) is 64.9 Å². The number of hydrogen-bond acceptors (Lipinski definition) is 6. The summed E-state index contributed by atoms with van der Waals surface area (Å²) in [6.07, 6.45) is 4.92. The van der Waals surface area contributed by atoms with E-state index in [1.165, 1.54) is 0 Å². The molecule has 3 heterocycles. The van der Waals surface area contributed by atoms with Crippen molar-refractivity contribution in [2.75, 3.05) is 19.7 Å². The highest BCUT2D eigenvalue weighted by atomic mass is 16.5. The van der Waals surface area contributed by atoms with Crippen molar-refractivity contribution in [2.24, 2.45) is 5.92 Å². The SMILES string of the molecule is O=C1NC(=O)C([C@H]2CC(O)[C@@H](CO)O2)CC/C=C1/C=C/N1CC1. The lowest BCUT2D eigenvalue weighted by Crippen LogP contribution is -2.42. The van der Waals surface area contributed by atoms with Gasteiger partial charge in [0.15, 0.2) is 0 Å². The molecule has 0 saturated carbocycles. The fourth-order valence-electron chi connectivity index (χ4n) is 2.99. The van der Waals surface area contributed by atoms with E-state index in [1.54, 1.807) is 6.08 Å². The van der Waals surface area contributed by atoms with Gasteiger partial charge >= 0.3 is 0 Å². The summed E-state index contributed by atoms with van der Waals surface area (Å²) >= 11 is 0. The highest BCUT2D eigenvalue weighted by molar-refractivity contribution is 6.06. The van der Waals surface area contributed by atoms with Crippen molar-refractivity contribution >= 4 is 11.8 Å². The minimum atomic E-state index is -0.777. The van der Waals surface area contributed by atoms with E-state index in [0.29, 0.717) is 24.8 Å². The van der Waals surface area contributed by atoms with E-state index in [2.05, 4.69) is 10.2 Å². The molecule has 2 unspecified atom stereocenters. The highest BCUT2D eigenvalue weighted by Gasteiger charge is 2.41. The molecule has 4 atom stereocenters. The van der Waals surface area contributed by atoms with Gasteiger partial charge in [0.05, 0.1) is 24.7 Å². The first-order chi connectivity index (χ1) is 11.1.